The Morgan fingerprint density at radius 2 is 1.53 bits per heavy atom. The van der Waals surface area contributed by atoms with Gasteiger partial charge in [0.2, 0.25) is 0 Å². The SMILES string of the molecule is CNC(c1sc(C)cc1C)C(C(F)(F)F)C(F)(F)F. The van der Waals surface area contributed by atoms with E-state index in [9.17, 15) is 26.3 Å². The van der Waals surface area contributed by atoms with E-state index in [1.165, 1.54) is 6.92 Å². The van der Waals surface area contributed by atoms with Crippen LogP contribution in [0.25, 0.3) is 0 Å². The summed E-state index contributed by atoms with van der Waals surface area (Å²) in [7, 11) is 1.10. The molecule has 1 unspecified atom stereocenters. The maximum atomic E-state index is 12.7. The van der Waals surface area contributed by atoms with Crippen LogP contribution in [-0.2, 0) is 0 Å². The standard InChI is InChI=1S/C11H13F6NS/c1-5-4-6(2)19-8(5)7(18-3)9(10(12,13)14)11(15,16)17/h4,7,9,18H,1-3H3. The Kier molecular flexibility index (Phi) is 4.56. The van der Waals surface area contributed by atoms with Crippen LogP contribution in [0.3, 0.4) is 0 Å². The molecule has 0 spiro atoms. The van der Waals surface area contributed by atoms with E-state index in [4.69, 9.17) is 0 Å². The van der Waals surface area contributed by atoms with Gasteiger partial charge in [0.1, 0.15) is 0 Å². The van der Waals surface area contributed by atoms with Crippen molar-refractivity contribution in [3.63, 3.8) is 0 Å². The Morgan fingerprint density at radius 3 is 1.79 bits per heavy atom. The van der Waals surface area contributed by atoms with Crippen LogP contribution in [-0.4, -0.2) is 19.4 Å². The molecule has 0 radical (unpaired) electrons. The van der Waals surface area contributed by atoms with Crippen molar-refractivity contribution >= 4 is 11.3 Å². The van der Waals surface area contributed by atoms with Crippen molar-refractivity contribution in [3.8, 4) is 0 Å². The van der Waals surface area contributed by atoms with Gasteiger partial charge in [-0.25, -0.2) is 0 Å². The molecule has 1 atom stereocenters. The molecule has 8 heteroatoms. The summed E-state index contributed by atoms with van der Waals surface area (Å²) in [5, 5.41) is 2.16. The first-order valence-corrected chi connectivity index (χ1v) is 6.17. The lowest BCUT2D eigenvalue weighted by Crippen LogP contribution is -2.44. The van der Waals surface area contributed by atoms with E-state index in [1.54, 1.807) is 13.0 Å². The predicted octanol–water partition coefficient (Wildman–Crippen LogP) is 4.37. The van der Waals surface area contributed by atoms with Gasteiger partial charge in [0.25, 0.3) is 0 Å². The molecule has 1 aromatic rings. The predicted molar refractivity (Wildman–Crippen MR) is 61.2 cm³/mol. The number of rotatable bonds is 3. The molecule has 1 rings (SSSR count). The number of nitrogens with one attached hydrogen (secondary N) is 1. The van der Waals surface area contributed by atoms with Crippen LogP contribution in [0.15, 0.2) is 6.07 Å². The van der Waals surface area contributed by atoms with Gasteiger partial charge < -0.3 is 5.32 Å². The molecule has 110 valence electrons. The van der Waals surface area contributed by atoms with Crippen molar-refractivity contribution in [2.24, 2.45) is 5.92 Å². The smallest absolute Gasteiger partial charge is 0.312 e. The fraction of sp³-hybridized carbons (Fsp3) is 0.636. The molecular formula is C11H13F6NS. The van der Waals surface area contributed by atoms with E-state index in [0.29, 0.717) is 10.4 Å². The first kappa shape index (κ1) is 16.3. The van der Waals surface area contributed by atoms with Gasteiger partial charge in [0.15, 0.2) is 5.92 Å². The van der Waals surface area contributed by atoms with Crippen molar-refractivity contribution in [1.29, 1.82) is 0 Å². The Hall–Kier alpha value is -0.760. The minimum absolute atomic E-state index is 0.0691. The summed E-state index contributed by atoms with van der Waals surface area (Å²) < 4.78 is 76.3. The van der Waals surface area contributed by atoms with Crippen LogP contribution in [0.2, 0.25) is 0 Å². The Morgan fingerprint density at radius 1 is 1.05 bits per heavy atom. The Balaban J connectivity index is 3.29. The van der Waals surface area contributed by atoms with Gasteiger partial charge in [-0.15, -0.1) is 11.3 Å². The van der Waals surface area contributed by atoms with Crippen LogP contribution in [0.1, 0.15) is 21.4 Å². The number of alkyl halides is 6. The average molecular weight is 305 g/mol. The third-order valence-electron chi connectivity index (χ3n) is 2.71. The summed E-state index contributed by atoms with van der Waals surface area (Å²) in [5.74, 6) is -3.42. The molecule has 0 saturated carbocycles. The molecule has 0 aliphatic heterocycles. The largest absolute Gasteiger partial charge is 0.402 e. The summed E-state index contributed by atoms with van der Waals surface area (Å²) in [5.41, 5.74) is 0.431. The number of hydrogen-bond acceptors (Lipinski definition) is 2. The average Bonchev–Trinajstić information content (AvgIpc) is 2.49. The third-order valence-corrected chi connectivity index (χ3v) is 3.95. The molecule has 0 aromatic carbocycles. The van der Waals surface area contributed by atoms with Gasteiger partial charge in [-0.2, -0.15) is 26.3 Å². The first-order valence-electron chi connectivity index (χ1n) is 5.36. The summed E-state index contributed by atoms with van der Waals surface area (Å²) in [6.45, 7) is 3.15. The molecule has 0 bridgehead atoms. The molecule has 0 fully saturated rings. The molecule has 1 heterocycles. The van der Waals surface area contributed by atoms with Crippen molar-refractivity contribution in [1.82, 2.24) is 5.32 Å². The maximum Gasteiger partial charge on any atom is 0.402 e. The van der Waals surface area contributed by atoms with Gasteiger partial charge in [-0.3, -0.25) is 0 Å². The Bertz CT molecular complexity index is 419. The first-order chi connectivity index (χ1) is 8.48. The van der Waals surface area contributed by atoms with Crippen molar-refractivity contribution in [2.45, 2.75) is 32.2 Å². The van der Waals surface area contributed by atoms with Crippen LogP contribution >= 0.6 is 11.3 Å². The second-order valence-electron chi connectivity index (χ2n) is 4.23. The van der Waals surface area contributed by atoms with Crippen LogP contribution in [0.4, 0.5) is 26.3 Å². The zero-order valence-corrected chi connectivity index (χ0v) is 11.2. The fourth-order valence-corrected chi connectivity index (χ4v) is 3.16. The van der Waals surface area contributed by atoms with E-state index in [0.717, 1.165) is 18.4 Å². The highest BCUT2D eigenvalue weighted by molar-refractivity contribution is 7.12. The summed E-state index contributed by atoms with van der Waals surface area (Å²) in [6.07, 6.45) is -10.7. The minimum atomic E-state index is -5.35. The highest BCUT2D eigenvalue weighted by atomic mass is 32.1. The van der Waals surface area contributed by atoms with Crippen LogP contribution in [0, 0.1) is 19.8 Å². The lowest BCUT2D eigenvalue weighted by molar-refractivity contribution is -0.292. The van der Waals surface area contributed by atoms with Gasteiger partial charge >= 0.3 is 12.4 Å². The topological polar surface area (TPSA) is 12.0 Å². The monoisotopic (exact) mass is 305 g/mol. The number of thiophene rings is 1. The zero-order chi connectivity index (χ0) is 15.0. The molecule has 0 aliphatic carbocycles. The van der Waals surface area contributed by atoms with E-state index >= 15 is 0 Å². The summed E-state index contributed by atoms with van der Waals surface area (Å²) in [4.78, 5) is 0.746. The normalized spacial score (nSPS) is 15.1. The number of halogens is 6. The lowest BCUT2D eigenvalue weighted by atomic mass is 9.95. The number of hydrogen-bond donors (Lipinski definition) is 1. The molecule has 0 aliphatic rings. The van der Waals surface area contributed by atoms with Gasteiger partial charge in [-0.05, 0) is 32.5 Å². The molecule has 1 nitrogen and oxygen atoms in total. The van der Waals surface area contributed by atoms with Gasteiger partial charge in [0.05, 0.1) is 6.04 Å². The molecular weight excluding hydrogens is 292 g/mol. The van der Waals surface area contributed by atoms with Crippen LogP contribution in [0.5, 0.6) is 0 Å². The lowest BCUT2D eigenvalue weighted by Gasteiger charge is -2.30. The molecule has 19 heavy (non-hydrogen) atoms. The highest BCUT2D eigenvalue weighted by Crippen LogP contribution is 2.48. The van der Waals surface area contributed by atoms with E-state index < -0.39 is 24.3 Å². The molecule has 1 aromatic heterocycles. The molecule has 0 amide bonds. The Labute approximate surface area is 110 Å². The second-order valence-corrected chi connectivity index (χ2v) is 5.52. The summed E-state index contributed by atoms with van der Waals surface area (Å²) >= 11 is 0.945. The fourth-order valence-electron chi connectivity index (χ4n) is 1.98. The highest BCUT2D eigenvalue weighted by Gasteiger charge is 2.60. The third kappa shape index (κ3) is 3.62. The van der Waals surface area contributed by atoms with Crippen molar-refractivity contribution in [2.75, 3.05) is 7.05 Å². The quantitative estimate of drug-likeness (QED) is 0.818. The minimum Gasteiger partial charge on any atom is -0.312 e. The number of aryl methyl sites for hydroxylation is 2. The molecule has 1 N–H and O–H groups in total. The second kappa shape index (κ2) is 5.32. The maximum absolute atomic E-state index is 12.7. The van der Waals surface area contributed by atoms with Gasteiger partial charge in [0, 0.05) is 9.75 Å². The van der Waals surface area contributed by atoms with E-state index in [1.807, 2.05) is 0 Å². The van der Waals surface area contributed by atoms with Crippen LogP contribution < -0.4 is 5.32 Å². The summed E-state index contributed by atoms with van der Waals surface area (Å²) in [6, 6.07) is -0.243. The van der Waals surface area contributed by atoms with Gasteiger partial charge in [-0.1, -0.05) is 0 Å². The van der Waals surface area contributed by atoms with E-state index in [2.05, 4.69) is 5.32 Å². The van der Waals surface area contributed by atoms with Crippen molar-refractivity contribution < 1.29 is 26.3 Å². The van der Waals surface area contributed by atoms with Crippen molar-refractivity contribution in [3.05, 3.63) is 21.4 Å². The zero-order valence-electron chi connectivity index (χ0n) is 10.4. The van der Waals surface area contributed by atoms with E-state index in [-0.39, 0.29) is 4.88 Å². The molecule has 0 saturated heterocycles.